The van der Waals surface area contributed by atoms with Gasteiger partial charge < -0.3 is 8.98 Å². The highest BCUT2D eigenvalue weighted by atomic mass is 16.3. The number of allylic oxidation sites excluding steroid dienone is 4. The van der Waals surface area contributed by atoms with Crippen molar-refractivity contribution in [2.75, 3.05) is 0 Å². The number of furan rings is 1. The molecule has 0 aliphatic heterocycles. The van der Waals surface area contributed by atoms with Gasteiger partial charge >= 0.3 is 0 Å². The average molecular weight is 682 g/mol. The molecule has 6 nitrogen and oxygen atoms in total. The van der Waals surface area contributed by atoms with Crippen LogP contribution in [-0.4, -0.2) is 25.2 Å². The molecular weight excluding hydrogens is 651 g/mol. The van der Waals surface area contributed by atoms with Crippen LogP contribution in [0.2, 0.25) is 0 Å². The van der Waals surface area contributed by atoms with E-state index in [0.29, 0.717) is 18.4 Å². The molecule has 0 fully saturated rings. The molecule has 12 rings (SSSR count). The van der Waals surface area contributed by atoms with Crippen molar-refractivity contribution in [3.63, 3.8) is 0 Å². The van der Waals surface area contributed by atoms with E-state index < -0.39 is 0 Å². The minimum Gasteiger partial charge on any atom is -0.456 e. The second-order valence-electron chi connectivity index (χ2n) is 14.2. The molecule has 0 amide bonds. The Morgan fingerprint density at radius 1 is 0.623 bits per heavy atom. The van der Waals surface area contributed by atoms with Gasteiger partial charge in [-0.05, 0) is 78.5 Å². The first kappa shape index (κ1) is 28.7. The number of hydrogen-bond donors (Lipinski definition) is 0. The molecular formula is C47H31N5O. The monoisotopic (exact) mass is 681 g/mol. The number of rotatable bonds is 5. The van der Waals surface area contributed by atoms with Gasteiger partial charge in [0.15, 0.2) is 0 Å². The summed E-state index contributed by atoms with van der Waals surface area (Å²) in [6.07, 6.45) is 8.99. The number of benzene rings is 6. The second kappa shape index (κ2) is 10.6. The van der Waals surface area contributed by atoms with Crippen LogP contribution in [0.25, 0.3) is 83.1 Å². The number of imidazole rings is 2. The van der Waals surface area contributed by atoms with Gasteiger partial charge in [0.1, 0.15) is 11.2 Å². The van der Waals surface area contributed by atoms with Gasteiger partial charge in [0.05, 0.1) is 45.7 Å². The van der Waals surface area contributed by atoms with Crippen molar-refractivity contribution in [2.24, 2.45) is 4.99 Å². The summed E-state index contributed by atoms with van der Waals surface area (Å²) in [4.78, 5) is 9.72. The van der Waals surface area contributed by atoms with E-state index in [-0.39, 0.29) is 0 Å². The molecule has 4 aromatic heterocycles. The van der Waals surface area contributed by atoms with Crippen LogP contribution in [-0.2, 0) is 6.54 Å². The third kappa shape index (κ3) is 3.82. The van der Waals surface area contributed by atoms with Gasteiger partial charge in [-0.1, -0.05) is 91.0 Å². The molecule has 0 spiro atoms. The molecule has 0 saturated heterocycles. The van der Waals surface area contributed by atoms with Gasteiger partial charge in [0, 0.05) is 44.6 Å². The van der Waals surface area contributed by atoms with E-state index in [2.05, 4.69) is 177 Å². The van der Waals surface area contributed by atoms with Crippen LogP contribution < -0.4 is 0 Å². The summed E-state index contributed by atoms with van der Waals surface area (Å²) in [5.41, 5.74) is 14.4. The van der Waals surface area contributed by atoms with Crippen LogP contribution in [0, 0.1) is 0 Å². The molecule has 0 radical (unpaired) electrons. The third-order valence-corrected chi connectivity index (χ3v) is 11.5. The summed E-state index contributed by atoms with van der Waals surface area (Å²) >= 11 is 0. The number of nitrogens with zero attached hydrogens (tertiary/aromatic N) is 5. The Kier molecular flexibility index (Phi) is 5.73. The molecule has 4 heterocycles. The first-order valence-corrected chi connectivity index (χ1v) is 18.1. The Morgan fingerprint density at radius 3 is 2.08 bits per heavy atom. The Bertz CT molecular complexity index is 3200. The lowest BCUT2D eigenvalue weighted by molar-refractivity contribution is 0.585. The number of hydrogen-bond acceptors (Lipinski definition) is 3. The fourth-order valence-corrected chi connectivity index (χ4v) is 9.25. The largest absolute Gasteiger partial charge is 0.456 e. The van der Waals surface area contributed by atoms with Crippen LogP contribution in [0.3, 0.4) is 0 Å². The van der Waals surface area contributed by atoms with Crippen molar-refractivity contribution in [3.05, 3.63) is 169 Å². The molecule has 6 heteroatoms. The van der Waals surface area contributed by atoms with E-state index in [9.17, 15) is 0 Å². The summed E-state index contributed by atoms with van der Waals surface area (Å²) in [5.74, 6) is 1.55. The number of aliphatic imine (C=N–C) groups is 1. The third-order valence-electron chi connectivity index (χ3n) is 11.5. The lowest BCUT2D eigenvalue weighted by atomic mass is 9.72. The molecule has 250 valence electrons. The maximum absolute atomic E-state index is 6.45. The molecule has 10 aromatic rings. The second-order valence-corrected chi connectivity index (χ2v) is 14.2. The van der Waals surface area contributed by atoms with Crippen LogP contribution in [0.4, 0.5) is 0 Å². The maximum atomic E-state index is 6.45. The van der Waals surface area contributed by atoms with Gasteiger partial charge in [0.2, 0.25) is 5.78 Å². The highest BCUT2D eigenvalue weighted by molar-refractivity contribution is 6.11. The average Bonchev–Trinajstić information content (AvgIpc) is 3.92. The van der Waals surface area contributed by atoms with Crippen molar-refractivity contribution in [1.29, 1.82) is 0 Å². The van der Waals surface area contributed by atoms with Crippen LogP contribution in [0.1, 0.15) is 28.8 Å². The minimum atomic E-state index is 0.293. The highest BCUT2D eigenvalue weighted by Gasteiger charge is 2.43. The van der Waals surface area contributed by atoms with Crippen molar-refractivity contribution in [3.8, 4) is 22.5 Å². The zero-order valence-electron chi connectivity index (χ0n) is 28.6. The maximum Gasteiger partial charge on any atom is 0.220 e. The van der Waals surface area contributed by atoms with Crippen molar-refractivity contribution in [1.82, 2.24) is 18.5 Å². The summed E-state index contributed by atoms with van der Waals surface area (Å²) in [6, 6.07) is 45.4. The summed E-state index contributed by atoms with van der Waals surface area (Å²) in [6.45, 7) is 4.44. The van der Waals surface area contributed by atoms with Crippen LogP contribution >= 0.6 is 0 Å². The predicted octanol–water partition coefficient (Wildman–Crippen LogP) is 11.4. The van der Waals surface area contributed by atoms with Gasteiger partial charge in [0.25, 0.3) is 0 Å². The number of aromatic nitrogens is 4. The van der Waals surface area contributed by atoms with Gasteiger partial charge in [-0.25, -0.2) is 4.98 Å². The number of para-hydroxylation sites is 4. The van der Waals surface area contributed by atoms with Gasteiger partial charge in [-0.2, -0.15) is 0 Å². The SMILES string of the molecule is C=NCc1c(-c2ccc3oc4ccc(-n5c6ccccc6c6ccccc65)cc4c3c2)cccc1-n1c2c(n3c4ccccc4nc13)[C@@H]1C=CC=CC21. The van der Waals surface area contributed by atoms with Crippen LogP contribution in [0.15, 0.2) is 161 Å². The number of fused-ring (bicyclic) bond motifs is 14. The molecule has 2 atom stereocenters. The first-order valence-electron chi connectivity index (χ1n) is 18.1. The zero-order valence-corrected chi connectivity index (χ0v) is 28.6. The first-order chi connectivity index (χ1) is 26.3. The molecule has 53 heavy (non-hydrogen) atoms. The van der Waals surface area contributed by atoms with E-state index >= 15 is 0 Å². The smallest absolute Gasteiger partial charge is 0.220 e. The fraction of sp³-hybridized carbons (Fsp3) is 0.0638. The molecule has 0 bridgehead atoms. The summed E-state index contributed by atoms with van der Waals surface area (Å²) < 4.78 is 13.6. The minimum absolute atomic E-state index is 0.293. The summed E-state index contributed by atoms with van der Waals surface area (Å²) in [7, 11) is 0. The molecule has 2 aliphatic carbocycles. The lowest BCUT2D eigenvalue weighted by Crippen LogP contribution is -2.26. The van der Waals surface area contributed by atoms with E-state index in [1.165, 1.54) is 33.2 Å². The van der Waals surface area contributed by atoms with E-state index in [1.54, 1.807) is 0 Å². The van der Waals surface area contributed by atoms with Gasteiger partial charge in [-0.3, -0.25) is 14.0 Å². The Morgan fingerprint density at radius 2 is 1.30 bits per heavy atom. The fourth-order valence-electron chi connectivity index (χ4n) is 9.25. The van der Waals surface area contributed by atoms with E-state index in [0.717, 1.165) is 66.8 Å². The Hall–Kier alpha value is -6.92. The molecule has 1 unspecified atom stereocenters. The van der Waals surface area contributed by atoms with Crippen molar-refractivity contribution < 1.29 is 4.42 Å². The predicted molar refractivity (Wildman–Crippen MR) is 216 cm³/mol. The van der Waals surface area contributed by atoms with Crippen molar-refractivity contribution >= 4 is 67.3 Å². The van der Waals surface area contributed by atoms with E-state index in [1.807, 2.05) is 0 Å². The topological polar surface area (TPSA) is 52.7 Å². The molecule has 2 aliphatic rings. The normalized spacial score (nSPS) is 16.3. The molecule has 0 N–H and O–H groups in total. The molecule has 6 aromatic carbocycles. The van der Waals surface area contributed by atoms with Crippen molar-refractivity contribution in [2.45, 2.75) is 18.4 Å². The van der Waals surface area contributed by atoms with E-state index in [4.69, 9.17) is 9.40 Å². The van der Waals surface area contributed by atoms with Crippen LogP contribution in [0.5, 0.6) is 0 Å². The highest BCUT2D eigenvalue weighted by Crippen LogP contribution is 2.53. The Labute approximate surface area is 303 Å². The quantitative estimate of drug-likeness (QED) is 0.170. The lowest BCUT2D eigenvalue weighted by Gasteiger charge is -2.36. The Balaban J connectivity index is 1.07. The van der Waals surface area contributed by atoms with Gasteiger partial charge in [-0.15, -0.1) is 0 Å². The molecule has 0 saturated carbocycles. The summed E-state index contributed by atoms with van der Waals surface area (Å²) in [5, 5.41) is 4.66. The zero-order chi connectivity index (χ0) is 34.8. The standard InChI is InChI=1S/C47H31N5O/c1-48-27-37-30(15-10-20-41(37)51-45-33-13-2-3-14-34(33)46(45)52-42-19-9-6-16-38(42)49-47(51)52)28-21-23-43-35(25-28)36-26-29(22-24-44(36)53-43)50-39-17-7-4-11-31(39)32-12-5-8-18-40(32)50/h2-26,33-34H,1,27H2/t33?,34-/m1/s1.